The number of halogens is 1. The Kier molecular flexibility index (Phi) is 12.1. The molecule has 11 heteroatoms. The quantitative estimate of drug-likeness (QED) is 0.221. The van der Waals surface area contributed by atoms with E-state index in [0.717, 1.165) is 12.8 Å². The van der Waals surface area contributed by atoms with E-state index in [9.17, 15) is 19.8 Å². The van der Waals surface area contributed by atoms with E-state index in [2.05, 4.69) is 52.2 Å². The number of aliphatic hydroxyl groups is 2. The Morgan fingerprint density at radius 2 is 1.88 bits per heavy atom. The number of ether oxygens (including phenoxy) is 1. The Hall–Kier alpha value is -3.09. The zero-order valence-electron chi connectivity index (χ0n) is 32.7. The first-order chi connectivity index (χ1) is 24.4. The van der Waals surface area contributed by atoms with Crippen LogP contribution >= 0.6 is 0 Å². The summed E-state index contributed by atoms with van der Waals surface area (Å²) in [6, 6.07) is 8.96. The number of rotatable bonds is 13. The highest BCUT2D eigenvalue weighted by Gasteiger charge is 2.57. The van der Waals surface area contributed by atoms with E-state index in [4.69, 9.17) is 9.57 Å². The number of hydrogen-bond donors (Lipinski definition) is 4. The maximum atomic E-state index is 15.3. The minimum atomic E-state index is -0.924. The molecule has 288 valence electrons. The number of nitrogens with one attached hydrogen (secondary N) is 2. The average Bonchev–Trinajstić information content (AvgIpc) is 3.43. The summed E-state index contributed by atoms with van der Waals surface area (Å²) in [5.41, 5.74) is 2.07. The number of carbonyl (C=O) groups excluding carboxylic acids is 2. The van der Waals surface area contributed by atoms with Crippen LogP contribution in [0.25, 0.3) is 11.1 Å². The summed E-state index contributed by atoms with van der Waals surface area (Å²) in [6.45, 7) is 15.2. The Balaban J connectivity index is 1.41. The molecule has 52 heavy (non-hydrogen) atoms. The highest BCUT2D eigenvalue weighted by molar-refractivity contribution is 5.96. The lowest BCUT2D eigenvalue weighted by Gasteiger charge is -2.62. The lowest BCUT2D eigenvalue weighted by atomic mass is 9.45. The van der Waals surface area contributed by atoms with E-state index in [1.54, 1.807) is 31.2 Å². The van der Waals surface area contributed by atoms with Gasteiger partial charge in [0, 0.05) is 35.7 Å². The van der Waals surface area contributed by atoms with Crippen LogP contribution in [0.1, 0.15) is 83.7 Å². The second-order valence-electron chi connectivity index (χ2n) is 17.6. The molecule has 3 saturated carbocycles. The first-order valence-electron chi connectivity index (χ1n) is 18.8. The summed E-state index contributed by atoms with van der Waals surface area (Å²) in [6.07, 6.45) is 1.11. The summed E-state index contributed by atoms with van der Waals surface area (Å²) in [5.74, 6) is -0.127. The highest BCUT2D eigenvalue weighted by Crippen LogP contribution is 2.61. The lowest BCUT2D eigenvalue weighted by molar-refractivity contribution is -0.183. The molecular formula is C41H61FN4O6. The number of methoxy groups -OCH3 is 1. The molecule has 6 rings (SSSR count). The molecule has 3 aliphatic carbocycles. The van der Waals surface area contributed by atoms with Crippen LogP contribution in [0.5, 0.6) is 5.75 Å². The van der Waals surface area contributed by atoms with E-state index in [0.29, 0.717) is 46.7 Å². The van der Waals surface area contributed by atoms with Crippen LogP contribution in [0.2, 0.25) is 0 Å². The normalized spacial score (nSPS) is 28.2. The van der Waals surface area contributed by atoms with Crippen molar-refractivity contribution in [2.24, 2.45) is 34.5 Å². The highest BCUT2D eigenvalue weighted by atomic mass is 19.1. The lowest BCUT2D eigenvalue weighted by Crippen LogP contribution is -2.62. The molecule has 4 fully saturated rings. The van der Waals surface area contributed by atoms with Gasteiger partial charge >= 0.3 is 0 Å². The molecule has 1 unspecified atom stereocenters. The molecule has 0 spiro atoms. The van der Waals surface area contributed by atoms with Crippen molar-refractivity contribution in [3.8, 4) is 16.9 Å². The van der Waals surface area contributed by atoms with Crippen molar-refractivity contribution >= 4 is 11.8 Å². The van der Waals surface area contributed by atoms with Crippen LogP contribution in [0.15, 0.2) is 36.4 Å². The van der Waals surface area contributed by atoms with Crippen molar-refractivity contribution in [1.82, 2.24) is 20.6 Å². The summed E-state index contributed by atoms with van der Waals surface area (Å²) < 4.78 is 21.2. The Morgan fingerprint density at radius 1 is 1.17 bits per heavy atom. The number of nitrogens with zero attached hydrogens (tertiary/aromatic N) is 2. The van der Waals surface area contributed by atoms with Crippen molar-refractivity contribution in [3.05, 3.63) is 53.3 Å². The van der Waals surface area contributed by atoms with Gasteiger partial charge in [-0.3, -0.25) is 14.4 Å². The zero-order valence-corrected chi connectivity index (χ0v) is 32.7. The van der Waals surface area contributed by atoms with Crippen LogP contribution in [0.3, 0.4) is 0 Å². The summed E-state index contributed by atoms with van der Waals surface area (Å²) >= 11 is 0. The molecular weight excluding hydrogens is 663 g/mol. The number of carbonyl (C=O) groups is 2. The third-order valence-corrected chi connectivity index (χ3v) is 12.0. The maximum Gasteiger partial charge on any atom is 0.254 e. The Morgan fingerprint density at radius 3 is 2.46 bits per heavy atom. The van der Waals surface area contributed by atoms with E-state index in [1.807, 2.05) is 37.2 Å². The fraction of sp³-hybridized carbons (Fsp3) is 0.659. The molecule has 10 nitrogen and oxygen atoms in total. The van der Waals surface area contributed by atoms with Gasteiger partial charge in [0.05, 0.1) is 31.9 Å². The molecule has 2 aromatic rings. The molecule has 0 aromatic heterocycles. The number of benzene rings is 2. The first-order valence-corrected chi connectivity index (χ1v) is 18.8. The smallest absolute Gasteiger partial charge is 0.254 e. The molecule has 4 aliphatic rings. The molecule has 1 saturated heterocycles. The topological polar surface area (TPSA) is 124 Å². The number of hydroxylamine groups is 2. The fourth-order valence-corrected chi connectivity index (χ4v) is 9.30. The summed E-state index contributed by atoms with van der Waals surface area (Å²) in [7, 11) is 5.43. The predicted octanol–water partition coefficient (Wildman–Crippen LogP) is 5.26. The molecule has 0 radical (unpaired) electrons. The SMILES string of the molecule is COc1c(CN2O[C@@H](CO)[C@@H]([C@H](C)O)[C@H]2C(=O)N[C@H]2C[C@H]3C[C@@H]([C@@H]2C)C3(C)C)cccc1-c1ccc(F)c(C(=O)NC(CN(C)C)CC(C)(C)C)c1. The van der Waals surface area contributed by atoms with Gasteiger partial charge in [0.2, 0.25) is 5.91 Å². The fourth-order valence-electron chi connectivity index (χ4n) is 9.30. The van der Waals surface area contributed by atoms with Gasteiger partial charge in [-0.25, -0.2) is 4.39 Å². The van der Waals surface area contributed by atoms with Crippen molar-refractivity contribution < 1.29 is 33.8 Å². The maximum absolute atomic E-state index is 15.3. The van der Waals surface area contributed by atoms with Crippen LogP contribution in [-0.4, -0.2) is 96.7 Å². The van der Waals surface area contributed by atoms with Crippen LogP contribution in [-0.2, 0) is 16.2 Å². The van der Waals surface area contributed by atoms with Gasteiger partial charge in [0.15, 0.2) is 0 Å². The third-order valence-electron chi connectivity index (χ3n) is 12.0. The number of aliphatic hydroxyl groups excluding tert-OH is 2. The number of amides is 2. The summed E-state index contributed by atoms with van der Waals surface area (Å²) in [4.78, 5) is 35.9. The standard InChI is InChI=1S/C41H61FN4O6/c1-23-31-17-27(41(31,6)7)18-33(23)44-39(50)36-35(24(2)48)34(22-47)52-46(36)20-26-12-11-13-29(37(26)51-10)25-14-15-32(42)30(16-25)38(49)43-28(21-45(8)9)19-40(3,4)5/h11-16,23-24,27-28,31,33-36,47-48H,17-22H2,1-10H3,(H,43,49)(H,44,50)/t23-,24-,27+,28?,31-,33-,34-,35+,36-/m0/s1. The van der Waals surface area contributed by atoms with Crippen molar-refractivity contribution in [2.75, 3.05) is 34.4 Å². The second kappa shape index (κ2) is 15.7. The number of likely N-dealkylation sites (N-methyl/N-ethyl adjacent to an activating group) is 1. The van der Waals surface area contributed by atoms with Crippen LogP contribution in [0.4, 0.5) is 4.39 Å². The number of fused-ring (bicyclic) bond motifs is 2. The molecule has 1 heterocycles. The van der Waals surface area contributed by atoms with Gasteiger partial charge < -0.3 is 30.5 Å². The molecule has 4 N–H and O–H groups in total. The summed E-state index contributed by atoms with van der Waals surface area (Å²) in [5, 5.41) is 29.1. The molecule has 2 aromatic carbocycles. The monoisotopic (exact) mass is 724 g/mol. The third kappa shape index (κ3) is 8.34. The van der Waals surface area contributed by atoms with Crippen molar-refractivity contribution in [1.29, 1.82) is 0 Å². The Bertz CT molecular complexity index is 1590. The number of para-hydroxylation sites is 1. The minimum absolute atomic E-state index is 0.0170. The van der Waals surface area contributed by atoms with Crippen LogP contribution in [0, 0.1) is 40.3 Å². The van der Waals surface area contributed by atoms with Gasteiger partial charge in [-0.05, 0) is 86.6 Å². The molecule has 9 atom stereocenters. The average molecular weight is 725 g/mol. The Labute approximate surface area is 309 Å². The van der Waals surface area contributed by atoms with Gasteiger partial charge in [-0.2, -0.15) is 5.06 Å². The van der Waals surface area contributed by atoms with E-state index in [-0.39, 0.29) is 47.5 Å². The molecule has 2 amide bonds. The first kappa shape index (κ1) is 40.1. The zero-order chi connectivity index (χ0) is 38.3. The molecule has 1 aliphatic heterocycles. The number of hydrogen-bond acceptors (Lipinski definition) is 8. The second-order valence-corrected chi connectivity index (χ2v) is 17.6. The minimum Gasteiger partial charge on any atom is -0.496 e. The van der Waals surface area contributed by atoms with Gasteiger partial charge in [-0.1, -0.05) is 65.8 Å². The van der Waals surface area contributed by atoms with Crippen LogP contribution < -0.4 is 15.4 Å². The predicted molar refractivity (Wildman–Crippen MR) is 200 cm³/mol. The van der Waals surface area contributed by atoms with Crippen molar-refractivity contribution in [2.45, 2.75) is 105 Å². The van der Waals surface area contributed by atoms with E-state index < -0.39 is 35.9 Å². The van der Waals surface area contributed by atoms with E-state index in [1.165, 1.54) is 12.5 Å². The van der Waals surface area contributed by atoms with Gasteiger partial charge in [-0.15, -0.1) is 0 Å². The van der Waals surface area contributed by atoms with Gasteiger partial charge in [0.25, 0.3) is 5.91 Å². The van der Waals surface area contributed by atoms with Crippen molar-refractivity contribution in [3.63, 3.8) is 0 Å². The molecule has 2 bridgehead atoms. The van der Waals surface area contributed by atoms with Gasteiger partial charge in [0.1, 0.15) is 23.7 Å². The largest absolute Gasteiger partial charge is 0.496 e. The van der Waals surface area contributed by atoms with E-state index >= 15 is 4.39 Å².